The average molecular weight is 435 g/mol. The van der Waals surface area contributed by atoms with Crippen molar-refractivity contribution in [1.82, 2.24) is 0 Å². The second-order valence-electron chi connectivity index (χ2n) is 7.75. The molecule has 0 amide bonds. The smallest absolute Gasteiger partial charge is 0.298 e. The van der Waals surface area contributed by atoms with Crippen molar-refractivity contribution in [3.63, 3.8) is 0 Å². The molecule has 0 aliphatic rings. The Kier molecular flexibility index (Phi) is 10.2. The number of hydrogen-bond donors (Lipinski definition) is 2. The van der Waals surface area contributed by atoms with Gasteiger partial charge in [-0.25, -0.2) is 0 Å². The van der Waals surface area contributed by atoms with Crippen LogP contribution in [0.15, 0.2) is 47.4 Å². The maximum absolute atomic E-state index is 11.8. The topological polar surface area (TPSA) is 83.8 Å². The van der Waals surface area contributed by atoms with E-state index in [4.69, 9.17) is 4.74 Å². The summed E-state index contributed by atoms with van der Waals surface area (Å²) in [7, 11) is -4.52. The van der Waals surface area contributed by atoms with E-state index in [1.54, 1.807) is 18.2 Å². The van der Waals surface area contributed by atoms with Crippen molar-refractivity contribution in [2.75, 3.05) is 0 Å². The van der Waals surface area contributed by atoms with Gasteiger partial charge in [0.25, 0.3) is 10.1 Å². The molecule has 0 aliphatic carbocycles. The molecule has 0 atom stereocenters. The van der Waals surface area contributed by atoms with Gasteiger partial charge in [-0.3, -0.25) is 4.55 Å². The number of para-hydroxylation sites is 1. The van der Waals surface area contributed by atoms with Gasteiger partial charge in [-0.15, -0.1) is 0 Å². The molecule has 0 spiro atoms. The van der Waals surface area contributed by atoms with Gasteiger partial charge < -0.3 is 9.84 Å². The molecule has 2 rings (SSSR count). The Bertz CT molecular complexity index is 863. The third-order valence-electron chi connectivity index (χ3n) is 5.16. The SMILES string of the molecule is CCCCCCCCCCCCc1cc(Oc2ccccc2)cc(O)c1S(=O)(=O)O. The van der Waals surface area contributed by atoms with Crippen LogP contribution in [0.5, 0.6) is 17.2 Å². The zero-order valence-electron chi connectivity index (χ0n) is 17.8. The van der Waals surface area contributed by atoms with E-state index in [-0.39, 0.29) is 0 Å². The van der Waals surface area contributed by atoms with Crippen molar-refractivity contribution in [2.45, 2.75) is 82.4 Å². The molecular weight excluding hydrogens is 400 g/mol. The van der Waals surface area contributed by atoms with Crippen LogP contribution in [0.2, 0.25) is 0 Å². The minimum atomic E-state index is -4.52. The van der Waals surface area contributed by atoms with Crippen LogP contribution in [0.25, 0.3) is 0 Å². The van der Waals surface area contributed by atoms with E-state index in [1.165, 1.54) is 51.0 Å². The number of benzene rings is 2. The molecule has 166 valence electrons. The van der Waals surface area contributed by atoms with Gasteiger partial charge in [0, 0.05) is 6.07 Å². The van der Waals surface area contributed by atoms with Crippen molar-refractivity contribution in [3.8, 4) is 17.2 Å². The van der Waals surface area contributed by atoms with Crippen LogP contribution in [0.1, 0.15) is 76.7 Å². The van der Waals surface area contributed by atoms with Crippen molar-refractivity contribution in [3.05, 3.63) is 48.0 Å². The van der Waals surface area contributed by atoms with Gasteiger partial charge in [0.15, 0.2) is 0 Å². The third kappa shape index (κ3) is 8.36. The zero-order chi connectivity index (χ0) is 21.8. The lowest BCUT2D eigenvalue weighted by Crippen LogP contribution is -2.04. The van der Waals surface area contributed by atoms with Crippen molar-refractivity contribution in [2.24, 2.45) is 0 Å². The Hall–Kier alpha value is -2.05. The highest BCUT2D eigenvalue weighted by atomic mass is 32.2. The number of aryl methyl sites for hydroxylation is 1. The largest absolute Gasteiger partial charge is 0.506 e. The molecule has 0 fully saturated rings. The highest BCUT2D eigenvalue weighted by Crippen LogP contribution is 2.34. The fourth-order valence-electron chi connectivity index (χ4n) is 3.61. The van der Waals surface area contributed by atoms with Gasteiger partial charge in [-0.05, 0) is 36.6 Å². The molecule has 0 unspecified atom stereocenters. The van der Waals surface area contributed by atoms with Crippen LogP contribution in [0, 0.1) is 0 Å². The van der Waals surface area contributed by atoms with Gasteiger partial charge >= 0.3 is 0 Å². The lowest BCUT2D eigenvalue weighted by atomic mass is 10.0. The molecule has 2 N–H and O–H groups in total. The second kappa shape index (κ2) is 12.6. The van der Waals surface area contributed by atoms with E-state index in [0.717, 1.165) is 19.3 Å². The van der Waals surface area contributed by atoms with E-state index < -0.39 is 20.8 Å². The van der Waals surface area contributed by atoms with E-state index in [2.05, 4.69) is 6.92 Å². The predicted octanol–water partition coefficient (Wildman–Crippen LogP) is 6.89. The van der Waals surface area contributed by atoms with E-state index in [1.807, 2.05) is 18.2 Å². The molecule has 0 aliphatic heterocycles. The Labute approximate surface area is 180 Å². The molecule has 2 aromatic carbocycles. The van der Waals surface area contributed by atoms with Gasteiger partial charge in [0.2, 0.25) is 0 Å². The molecule has 6 heteroatoms. The monoisotopic (exact) mass is 434 g/mol. The molecule has 5 nitrogen and oxygen atoms in total. The first-order chi connectivity index (χ1) is 14.4. The highest BCUT2D eigenvalue weighted by Gasteiger charge is 2.22. The van der Waals surface area contributed by atoms with Crippen LogP contribution in [0.3, 0.4) is 0 Å². The number of aromatic hydroxyl groups is 1. The summed E-state index contributed by atoms with van der Waals surface area (Å²) in [5.74, 6) is 0.433. The Morgan fingerprint density at radius 1 is 0.800 bits per heavy atom. The Morgan fingerprint density at radius 2 is 1.37 bits per heavy atom. The van der Waals surface area contributed by atoms with Crippen molar-refractivity contribution >= 4 is 10.1 Å². The zero-order valence-corrected chi connectivity index (χ0v) is 18.7. The number of unbranched alkanes of at least 4 members (excludes halogenated alkanes) is 9. The van der Waals surface area contributed by atoms with Gasteiger partial charge in [-0.1, -0.05) is 82.9 Å². The number of hydrogen-bond acceptors (Lipinski definition) is 4. The summed E-state index contributed by atoms with van der Waals surface area (Å²) >= 11 is 0. The molecule has 0 radical (unpaired) electrons. The van der Waals surface area contributed by atoms with Gasteiger partial charge in [0.05, 0.1) is 0 Å². The van der Waals surface area contributed by atoms with Crippen LogP contribution in [-0.4, -0.2) is 18.1 Å². The summed E-state index contributed by atoms with van der Waals surface area (Å²) in [4.78, 5) is -0.418. The average Bonchev–Trinajstić information content (AvgIpc) is 2.69. The predicted molar refractivity (Wildman–Crippen MR) is 120 cm³/mol. The van der Waals surface area contributed by atoms with Crippen LogP contribution in [0.4, 0.5) is 0 Å². The van der Waals surface area contributed by atoms with E-state index >= 15 is 0 Å². The summed E-state index contributed by atoms with van der Waals surface area (Å²) in [5, 5.41) is 10.2. The standard InChI is InChI=1S/C24H34O5S/c1-2-3-4-5-6-7-8-9-10-12-15-20-18-22(29-21-16-13-11-14-17-21)19-23(25)24(20)30(26,27)28/h11,13-14,16-19,25H,2-10,12,15H2,1H3,(H,26,27,28). The first-order valence-electron chi connectivity index (χ1n) is 11.0. The summed E-state index contributed by atoms with van der Waals surface area (Å²) in [5.41, 5.74) is 0.378. The summed E-state index contributed by atoms with van der Waals surface area (Å²) in [6.07, 6.45) is 12.2. The van der Waals surface area contributed by atoms with E-state index in [0.29, 0.717) is 23.5 Å². The Morgan fingerprint density at radius 3 is 1.93 bits per heavy atom. The van der Waals surface area contributed by atoms with E-state index in [9.17, 15) is 18.1 Å². The molecule has 0 aromatic heterocycles. The first-order valence-corrected chi connectivity index (χ1v) is 12.4. The van der Waals surface area contributed by atoms with Crippen LogP contribution >= 0.6 is 0 Å². The molecular formula is C24H34O5S. The fraction of sp³-hybridized carbons (Fsp3) is 0.500. The number of phenols is 1. The molecule has 30 heavy (non-hydrogen) atoms. The molecule has 0 heterocycles. The second-order valence-corrected chi connectivity index (χ2v) is 9.11. The third-order valence-corrected chi connectivity index (χ3v) is 6.14. The maximum Gasteiger partial charge on any atom is 0.298 e. The summed E-state index contributed by atoms with van der Waals surface area (Å²) in [6.45, 7) is 2.22. The number of phenolic OH excluding ortho intramolecular Hbond substituents is 1. The first kappa shape index (κ1) is 24.2. The number of ether oxygens (including phenoxy) is 1. The minimum Gasteiger partial charge on any atom is -0.506 e. The van der Waals surface area contributed by atoms with Crippen molar-refractivity contribution in [1.29, 1.82) is 0 Å². The van der Waals surface area contributed by atoms with Crippen molar-refractivity contribution < 1.29 is 22.8 Å². The lowest BCUT2D eigenvalue weighted by molar-refractivity contribution is 0.430. The van der Waals surface area contributed by atoms with Crippen LogP contribution in [-0.2, 0) is 16.5 Å². The normalized spacial score (nSPS) is 11.5. The molecule has 0 saturated heterocycles. The number of rotatable bonds is 14. The molecule has 0 saturated carbocycles. The maximum atomic E-state index is 11.8. The summed E-state index contributed by atoms with van der Waals surface area (Å²) in [6, 6.07) is 11.9. The molecule has 0 bridgehead atoms. The Balaban J connectivity index is 1.92. The summed E-state index contributed by atoms with van der Waals surface area (Å²) < 4.78 is 38.9. The quantitative estimate of drug-likeness (QED) is 0.250. The molecule has 2 aromatic rings. The fourth-order valence-corrected chi connectivity index (χ4v) is 4.43. The van der Waals surface area contributed by atoms with Gasteiger partial charge in [-0.2, -0.15) is 8.42 Å². The lowest BCUT2D eigenvalue weighted by Gasteiger charge is -2.13. The highest BCUT2D eigenvalue weighted by molar-refractivity contribution is 7.86. The minimum absolute atomic E-state index is 0.341. The van der Waals surface area contributed by atoms with Gasteiger partial charge in [0.1, 0.15) is 22.1 Å². The van der Waals surface area contributed by atoms with Crippen LogP contribution < -0.4 is 4.74 Å².